The van der Waals surface area contributed by atoms with Crippen LogP contribution in [0.4, 0.5) is 0 Å². The summed E-state index contributed by atoms with van der Waals surface area (Å²) in [6, 6.07) is 11.5. The predicted molar refractivity (Wildman–Crippen MR) is 97.9 cm³/mol. The maximum Gasteiger partial charge on any atom is 0.420 e. The zero-order chi connectivity index (χ0) is 19.6. The Morgan fingerprint density at radius 1 is 1.07 bits per heavy atom. The molecule has 0 aliphatic heterocycles. The molecule has 3 rings (SSSR count). The average molecular weight is 369 g/mol. The van der Waals surface area contributed by atoms with E-state index in [0.29, 0.717) is 22.2 Å². The normalized spacial score (nSPS) is 11.0. The van der Waals surface area contributed by atoms with Gasteiger partial charge in [0.1, 0.15) is 0 Å². The monoisotopic (exact) mass is 369 g/mol. The smallest absolute Gasteiger partial charge is 0.420 e. The number of ether oxygens (including phenoxy) is 2. The molecule has 140 valence electrons. The molecule has 27 heavy (non-hydrogen) atoms. The van der Waals surface area contributed by atoms with E-state index in [4.69, 9.17) is 9.15 Å². The average Bonchev–Trinajstić information content (AvgIpc) is 2.95. The molecule has 0 saturated heterocycles. The third-order valence-corrected chi connectivity index (χ3v) is 3.94. The van der Waals surface area contributed by atoms with Gasteiger partial charge in [0, 0.05) is 0 Å². The van der Waals surface area contributed by atoms with Gasteiger partial charge in [-0.1, -0.05) is 12.1 Å². The summed E-state index contributed by atoms with van der Waals surface area (Å²) in [6.45, 7) is 3.77. The largest absolute Gasteiger partial charge is 0.465 e. The summed E-state index contributed by atoms with van der Waals surface area (Å²) in [6.07, 6.45) is -0.217. The van der Waals surface area contributed by atoms with Gasteiger partial charge in [0.25, 0.3) is 0 Å². The topological polar surface area (TPSA) is 87.7 Å². The number of carbonyl (C=O) groups excluding carboxylic acids is 2. The number of fused-ring (bicyclic) bond motifs is 1. The van der Waals surface area contributed by atoms with Gasteiger partial charge in [-0.2, -0.15) is 0 Å². The molecule has 1 aromatic heterocycles. The van der Waals surface area contributed by atoms with Crippen LogP contribution in [0.2, 0.25) is 0 Å². The van der Waals surface area contributed by atoms with Gasteiger partial charge in [0.05, 0.1) is 36.4 Å². The molecule has 0 atom stereocenters. The highest BCUT2D eigenvalue weighted by Crippen LogP contribution is 2.18. The quantitative estimate of drug-likeness (QED) is 0.643. The zero-order valence-corrected chi connectivity index (χ0v) is 15.2. The molecule has 3 aromatic rings. The van der Waals surface area contributed by atoms with Crippen molar-refractivity contribution in [3.8, 4) is 0 Å². The van der Waals surface area contributed by atoms with Crippen molar-refractivity contribution >= 4 is 23.0 Å². The first-order valence-electron chi connectivity index (χ1n) is 8.40. The first-order valence-corrected chi connectivity index (χ1v) is 8.40. The lowest BCUT2D eigenvalue weighted by atomic mass is 10.1. The van der Waals surface area contributed by atoms with Gasteiger partial charge in [-0.25, -0.2) is 14.4 Å². The van der Waals surface area contributed by atoms with E-state index in [0.717, 1.165) is 5.56 Å². The van der Waals surface area contributed by atoms with Crippen molar-refractivity contribution < 1.29 is 23.5 Å². The lowest BCUT2D eigenvalue weighted by Gasteiger charge is -2.09. The van der Waals surface area contributed by atoms with Gasteiger partial charge in [0.2, 0.25) is 0 Å². The molecule has 0 aliphatic rings. The van der Waals surface area contributed by atoms with Crippen LogP contribution in [-0.4, -0.2) is 29.7 Å². The number of benzene rings is 2. The van der Waals surface area contributed by atoms with Crippen molar-refractivity contribution in [2.24, 2.45) is 0 Å². The fourth-order valence-electron chi connectivity index (χ4n) is 2.72. The van der Waals surface area contributed by atoms with E-state index in [1.165, 1.54) is 17.7 Å². The van der Waals surface area contributed by atoms with E-state index in [-0.39, 0.29) is 12.6 Å². The zero-order valence-electron chi connectivity index (χ0n) is 15.2. The molecule has 7 heteroatoms. The highest BCUT2D eigenvalue weighted by molar-refractivity contribution is 5.93. The summed E-state index contributed by atoms with van der Waals surface area (Å²) < 4.78 is 16.5. The van der Waals surface area contributed by atoms with Crippen LogP contribution in [0.1, 0.15) is 40.1 Å². The second-order valence-electron chi connectivity index (χ2n) is 6.28. The van der Waals surface area contributed by atoms with Crippen molar-refractivity contribution in [2.75, 3.05) is 7.11 Å². The van der Waals surface area contributed by atoms with Crippen LogP contribution in [0.25, 0.3) is 11.1 Å². The van der Waals surface area contributed by atoms with Crippen LogP contribution in [0.3, 0.4) is 0 Å². The molecular weight excluding hydrogens is 350 g/mol. The minimum absolute atomic E-state index is 0.214. The molecule has 0 bridgehead atoms. The molecule has 2 aromatic carbocycles. The number of carbonyl (C=O) groups is 2. The van der Waals surface area contributed by atoms with Crippen LogP contribution in [0.15, 0.2) is 51.7 Å². The molecule has 0 radical (unpaired) electrons. The number of rotatable bonds is 5. The highest BCUT2D eigenvalue weighted by Gasteiger charge is 2.15. The lowest BCUT2D eigenvalue weighted by Crippen LogP contribution is -2.16. The van der Waals surface area contributed by atoms with E-state index in [2.05, 4.69) is 4.74 Å². The fraction of sp³-hybridized carbons (Fsp3) is 0.250. The number of esters is 2. The van der Waals surface area contributed by atoms with Gasteiger partial charge >= 0.3 is 17.7 Å². The Balaban J connectivity index is 1.93. The number of oxazole rings is 1. The minimum atomic E-state index is -0.554. The molecule has 0 saturated carbocycles. The molecule has 0 amide bonds. The maximum atomic E-state index is 12.2. The highest BCUT2D eigenvalue weighted by atomic mass is 16.5. The predicted octanol–water partition coefficient (Wildman–Crippen LogP) is 2.99. The van der Waals surface area contributed by atoms with E-state index in [9.17, 15) is 14.4 Å². The van der Waals surface area contributed by atoms with Gasteiger partial charge in [-0.3, -0.25) is 4.57 Å². The summed E-state index contributed by atoms with van der Waals surface area (Å²) in [5, 5.41) is 0. The molecular formula is C20H19NO6. The number of nitrogens with zero attached hydrogens (tertiary/aromatic N) is 1. The van der Waals surface area contributed by atoms with Crippen molar-refractivity contribution in [3.63, 3.8) is 0 Å². The lowest BCUT2D eigenvalue weighted by molar-refractivity contribution is 0.0377. The van der Waals surface area contributed by atoms with Crippen molar-refractivity contribution in [3.05, 3.63) is 69.7 Å². The van der Waals surface area contributed by atoms with Gasteiger partial charge < -0.3 is 13.9 Å². The Labute approximate surface area is 155 Å². The van der Waals surface area contributed by atoms with Crippen LogP contribution in [0.5, 0.6) is 0 Å². The Morgan fingerprint density at radius 3 is 2.52 bits per heavy atom. The van der Waals surface area contributed by atoms with Gasteiger partial charge in [-0.15, -0.1) is 0 Å². The number of methoxy groups -OCH3 is 1. The van der Waals surface area contributed by atoms with Gasteiger partial charge in [0.15, 0.2) is 5.58 Å². The second-order valence-corrected chi connectivity index (χ2v) is 6.28. The SMILES string of the molecule is COC(=O)c1ccc2c(c1)oc(=O)n2Cc1cccc(C(=O)OC(C)C)c1. The Morgan fingerprint density at radius 2 is 1.81 bits per heavy atom. The molecule has 0 aliphatic carbocycles. The van der Waals surface area contributed by atoms with Crippen molar-refractivity contribution in [2.45, 2.75) is 26.5 Å². The second kappa shape index (κ2) is 7.49. The number of hydrogen-bond donors (Lipinski definition) is 0. The third-order valence-electron chi connectivity index (χ3n) is 3.94. The Kier molecular flexibility index (Phi) is 5.12. The molecule has 0 unspecified atom stereocenters. The van der Waals surface area contributed by atoms with Gasteiger partial charge in [-0.05, 0) is 49.7 Å². The number of hydrogen-bond acceptors (Lipinski definition) is 6. The fourth-order valence-corrected chi connectivity index (χ4v) is 2.72. The summed E-state index contributed by atoms with van der Waals surface area (Å²) in [7, 11) is 1.28. The maximum absolute atomic E-state index is 12.2. The van der Waals surface area contributed by atoms with Crippen molar-refractivity contribution in [1.29, 1.82) is 0 Å². The molecule has 1 heterocycles. The molecule has 0 spiro atoms. The summed E-state index contributed by atoms with van der Waals surface area (Å²) in [5.74, 6) is -1.48. The van der Waals surface area contributed by atoms with E-state index in [1.807, 2.05) is 0 Å². The summed E-state index contributed by atoms with van der Waals surface area (Å²) in [5.41, 5.74) is 2.29. The Bertz CT molecular complexity index is 1060. The van der Waals surface area contributed by atoms with Crippen molar-refractivity contribution in [1.82, 2.24) is 4.57 Å². The van der Waals surface area contributed by atoms with Crippen LogP contribution < -0.4 is 5.76 Å². The standard InChI is InChI=1S/C20H19NO6/c1-12(2)26-19(23)14-6-4-5-13(9-14)11-21-16-8-7-15(18(22)25-3)10-17(16)27-20(21)24/h4-10,12H,11H2,1-3H3. The minimum Gasteiger partial charge on any atom is -0.465 e. The molecule has 7 nitrogen and oxygen atoms in total. The number of aromatic nitrogens is 1. The van der Waals surface area contributed by atoms with E-state index >= 15 is 0 Å². The summed E-state index contributed by atoms with van der Waals surface area (Å²) >= 11 is 0. The van der Waals surface area contributed by atoms with Crippen LogP contribution >= 0.6 is 0 Å². The molecule has 0 N–H and O–H groups in total. The first kappa shape index (κ1) is 18.4. The molecule has 0 fully saturated rings. The van der Waals surface area contributed by atoms with E-state index in [1.54, 1.807) is 50.2 Å². The van der Waals surface area contributed by atoms with Crippen LogP contribution in [0, 0.1) is 0 Å². The van der Waals surface area contributed by atoms with E-state index < -0.39 is 17.7 Å². The first-order chi connectivity index (χ1) is 12.9. The third kappa shape index (κ3) is 3.92. The Hall–Kier alpha value is -3.35. The summed E-state index contributed by atoms with van der Waals surface area (Å²) in [4.78, 5) is 35.9. The van der Waals surface area contributed by atoms with Crippen LogP contribution in [-0.2, 0) is 16.0 Å².